The first-order chi connectivity index (χ1) is 8.99. The Morgan fingerprint density at radius 2 is 1.53 bits per heavy atom. The molecule has 1 aromatic carbocycles. The van der Waals surface area contributed by atoms with Crippen LogP contribution in [0.4, 0.5) is 0 Å². The minimum atomic E-state index is -0.897. The number of hydrogen-bond donors (Lipinski definition) is 1. The van der Waals surface area contributed by atoms with Crippen molar-refractivity contribution < 1.29 is 14.7 Å². The molecule has 0 aliphatic heterocycles. The van der Waals surface area contributed by atoms with Crippen LogP contribution in [0.15, 0.2) is 18.2 Å². The maximum atomic E-state index is 12.4. The third-order valence-electron chi connectivity index (χ3n) is 3.57. The predicted molar refractivity (Wildman–Crippen MR) is 73.9 cm³/mol. The number of hydrogen-bond acceptors (Lipinski definition) is 2. The molecular weight excluding hydrogens is 287 g/mol. The van der Waals surface area contributed by atoms with Crippen LogP contribution in [-0.4, -0.2) is 16.9 Å². The zero-order chi connectivity index (χ0) is 14.0. The summed E-state index contributed by atoms with van der Waals surface area (Å²) in [5, 5.41) is 9.98. The monoisotopic (exact) mass is 300 g/mol. The molecule has 2 atom stereocenters. The van der Waals surface area contributed by atoms with Gasteiger partial charge in [-0.15, -0.1) is 0 Å². The summed E-state index contributed by atoms with van der Waals surface area (Å²) in [6, 6.07) is 4.64. The van der Waals surface area contributed by atoms with E-state index in [4.69, 9.17) is 23.2 Å². The first-order valence-corrected chi connectivity index (χ1v) is 6.97. The van der Waals surface area contributed by atoms with E-state index in [-0.39, 0.29) is 5.78 Å². The Kier molecular flexibility index (Phi) is 4.48. The second-order valence-electron chi connectivity index (χ2n) is 4.86. The van der Waals surface area contributed by atoms with Crippen molar-refractivity contribution in [3.05, 3.63) is 33.8 Å². The fraction of sp³-hybridized carbons (Fsp3) is 0.429. The number of benzene rings is 1. The molecule has 5 heteroatoms. The molecule has 1 aliphatic carbocycles. The van der Waals surface area contributed by atoms with Gasteiger partial charge in [0.15, 0.2) is 5.78 Å². The van der Waals surface area contributed by atoms with Gasteiger partial charge in [-0.05, 0) is 31.0 Å². The number of rotatable bonds is 3. The number of carboxylic acid groups (broad SMARTS) is 1. The van der Waals surface area contributed by atoms with Gasteiger partial charge in [-0.3, -0.25) is 9.59 Å². The number of carboxylic acids is 1. The average molecular weight is 301 g/mol. The second-order valence-corrected chi connectivity index (χ2v) is 5.73. The Bertz CT molecular complexity index is 493. The van der Waals surface area contributed by atoms with Gasteiger partial charge in [-0.2, -0.15) is 0 Å². The molecular formula is C14H14Cl2O3. The van der Waals surface area contributed by atoms with E-state index in [0.717, 1.165) is 12.8 Å². The maximum absolute atomic E-state index is 12.4. The largest absolute Gasteiger partial charge is 0.481 e. The van der Waals surface area contributed by atoms with Gasteiger partial charge in [-0.25, -0.2) is 0 Å². The molecule has 0 saturated heterocycles. The molecule has 3 nitrogen and oxygen atoms in total. The summed E-state index contributed by atoms with van der Waals surface area (Å²) in [4.78, 5) is 23.7. The molecule has 2 unspecified atom stereocenters. The Morgan fingerprint density at radius 3 is 2.05 bits per heavy atom. The Hall–Kier alpha value is -1.06. The van der Waals surface area contributed by atoms with Crippen LogP contribution >= 0.6 is 23.2 Å². The number of ketones is 1. The van der Waals surface area contributed by atoms with Gasteiger partial charge in [0, 0.05) is 21.5 Å². The zero-order valence-corrected chi connectivity index (χ0v) is 11.7. The van der Waals surface area contributed by atoms with Crippen molar-refractivity contribution in [3.63, 3.8) is 0 Å². The molecule has 1 aliphatic rings. The lowest BCUT2D eigenvalue weighted by molar-refractivity contribution is -0.144. The van der Waals surface area contributed by atoms with Gasteiger partial charge in [-0.1, -0.05) is 36.0 Å². The van der Waals surface area contributed by atoms with E-state index in [1.807, 2.05) is 0 Å². The SMILES string of the molecule is O=C(O)C1CCCCC1C(=O)c1cc(Cl)cc(Cl)c1. The van der Waals surface area contributed by atoms with Crippen LogP contribution in [0.25, 0.3) is 0 Å². The van der Waals surface area contributed by atoms with Crippen LogP contribution in [0.5, 0.6) is 0 Å². The third kappa shape index (κ3) is 3.28. The highest BCUT2D eigenvalue weighted by Gasteiger charge is 2.36. The van der Waals surface area contributed by atoms with E-state index in [1.54, 1.807) is 18.2 Å². The summed E-state index contributed by atoms with van der Waals surface area (Å²) < 4.78 is 0. The van der Waals surface area contributed by atoms with E-state index >= 15 is 0 Å². The number of Topliss-reactive ketones (excluding diaryl/α,β-unsaturated/α-hetero) is 1. The molecule has 0 aromatic heterocycles. The van der Waals surface area contributed by atoms with Gasteiger partial charge in [0.1, 0.15) is 0 Å². The fourth-order valence-electron chi connectivity index (χ4n) is 2.65. The number of aliphatic carboxylic acids is 1. The van der Waals surface area contributed by atoms with Crippen LogP contribution in [0.1, 0.15) is 36.0 Å². The van der Waals surface area contributed by atoms with E-state index < -0.39 is 17.8 Å². The summed E-state index contributed by atoms with van der Waals surface area (Å²) in [6.45, 7) is 0. The van der Waals surface area contributed by atoms with Gasteiger partial charge in [0.2, 0.25) is 0 Å². The van der Waals surface area contributed by atoms with Crippen LogP contribution in [0, 0.1) is 11.8 Å². The molecule has 0 amide bonds. The molecule has 1 saturated carbocycles. The Labute approximate surface area is 121 Å². The van der Waals surface area contributed by atoms with Crippen molar-refractivity contribution in [3.8, 4) is 0 Å². The Morgan fingerprint density at radius 1 is 1.00 bits per heavy atom. The standard InChI is InChI=1S/C14H14Cl2O3/c15-9-5-8(6-10(16)7-9)13(17)11-3-1-2-4-12(11)14(18)19/h5-7,11-12H,1-4H2,(H,18,19). The number of carbonyl (C=O) groups excluding carboxylic acids is 1. The van der Waals surface area contributed by atoms with Gasteiger partial charge >= 0.3 is 5.97 Å². The van der Waals surface area contributed by atoms with Crippen molar-refractivity contribution >= 4 is 35.0 Å². The third-order valence-corrected chi connectivity index (χ3v) is 4.00. The molecule has 2 rings (SSSR count). The van der Waals surface area contributed by atoms with Gasteiger partial charge in [0.25, 0.3) is 0 Å². The molecule has 0 spiro atoms. The lowest BCUT2D eigenvalue weighted by Gasteiger charge is -2.27. The fourth-order valence-corrected chi connectivity index (χ4v) is 3.18. The highest BCUT2D eigenvalue weighted by molar-refractivity contribution is 6.35. The van der Waals surface area contributed by atoms with Crippen molar-refractivity contribution in [2.45, 2.75) is 25.7 Å². The highest BCUT2D eigenvalue weighted by Crippen LogP contribution is 2.33. The van der Waals surface area contributed by atoms with Crippen LogP contribution in [0.3, 0.4) is 0 Å². The van der Waals surface area contributed by atoms with Gasteiger partial charge in [0.05, 0.1) is 5.92 Å². The number of carbonyl (C=O) groups is 2. The Balaban J connectivity index is 2.28. The predicted octanol–water partition coefficient (Wildman–Crippen LogP) is 4.07. The lowest BCUT2D eigenvalue weighted by atomic mass is 9.75. The summed E-state index contributed by atoms with van der Waals surface area (Å²) in [5.41, 5.74) is 0.399. The molecule has 1 fully saturated rings. The quantitative estimate of drug-likeness (QED) is 0.856. The highest BCUT2D eigenvalue weighted by atomic mass is 35.5. The molecule has 1 N–H and O–H groups in total. The molecule has 102 valence electrons. The minimum absolute atomic E-state index is 0.170. The lowest BCUT2D eigenvalue weighted by Crippen LogP contribution is -2.32. The van der Waals surface area contributed by atoms with Crippen molar-refractivity contribution in [1.29, 1.82) is 0 Å². The smallest absolute Gasteiger partial charge is 0.307 e. The van der Waals surface area contributed by atoms with E-state index in [1.165, 1.54) is 0 Å². The number of halogens is 2. The van der Waals surface area contributed by atoms with Crippen LogP contribution < -0.4 is 0 Å². The first-order valence-electron chi connectivity index (χ1n) is 6.22. The average Bonchev–Trinajstić information content (AvgIpc) is 2.36. The summed E-state index contributed by atoms with van der Waals surface area (Å²) >= 11 is 11.8. The maximum Gasteiger partial charge on any atom is 0.307 e. The second kappa shape index (κ2) is 5.93. The molecule has 0 bridgehead atoms. The topological polar surface area (TPSA) is 54.4 Å². The molecule has 0 heterocycles. The minimum Gasteiger partial charge on any atom is -0.481 e. The zero-order valence-electron chi connectivity index (χ0n) is 10.2. The van der Waals surface area contributed by atoms with Crippen molar-refractivity contribution in [2.75, 3.05) is 0 Å². The summed E-state index contributed by atoms with van der Waals surface area (Å²) in [5.74, 6) is -2.14. The van der Waals surface area contributed by atoms with E-state index in [9.17, 15) is 14.7 Å². The summed E-state index contributed by atoms with van der Waals surface area (Å²) in [7, 11) is 0. The van der Waals surface area contributed by atoms with E-state index in [0.29, 0.717) is 28.5 Å². The van der Waals surface area contributed by atoms with Crippen molar-refractivity contribution in [1.82, 2.24) is 0 Å². The summed E-state index contributed by atoms with van der Waals surface area (Å²) in [6.07, 6.45) is 2.91. The molecule has 1 aromatic rings. The molecule has 19 heavy (non-hydrogen) atoms. The molecule has 0 radical (unpaired) electrons. The normalized spacial score (nSPS) is 23.1. The van der Waals surface area contributed by atoms with Gasteiger partial charge < -0.3 is 5.11 Å². The van der Waals surface area contributed by atoms with Crippen LogP contribution in [0.2, 0.25) is 10.0 Å². The van der Waals surface area contributed by atoms with Crippen LogP contribution in [-0.2, 0) is 4.79 Å². The van der Waals surface area contributed by atoms with E-state index in [2.05, 4.69) is 0 Å². The van der Waals surface area contributed by atoms with Crippen molar-refractivity contribution in [2.24, 2.45) is 11.8 Å². The first kappa shape index (κ1) is 14.4.